The van der Waals surface area contributed by atoms with Gasteiger partial charge in [-0.2, -0.15) is 0 Å². The Labute approximate surface area is 82.8 Å². The highest BCUT2D eigenvalue weighted by atomic mass is 32.2. The van der Waals surface area contributed by atoms with Gasteiger partial charge in [-0.25, -0.2) is 13.4 Å². The van der Waals surface area contributed by atoms with Crippen molar-refractivity contribution in [2.75, 3.05) is 24.3 Å². The number of rotatable bonds is 4. The first-order valence-electron chi connectivity index (χ1n) is 4.00. The highest BCUT2D eigenvalue weighted by molar-refractivity contribution is 7.90. The summed E-state index contributed by atoms with van der Waals surface area (Å²) >= 11 is 0. The molecule has 0 amide bonds. The van der Waals surface area contributed by atoms with Gasteiger partial charge in [-0.05, 0) is 12.1 Å². The second kappa shape index (κ2) is 4.28. The van der Waals surface area contributed by atoms with Crippen molar-refractivity contribution in [2.45, 2.75) is 0 Å². The highest BCUT2D eigenvalue weighted by Gasteiger charge is 2.04. The van der Waals surface area contributed by atoms with Crippen molar-refractivity contribution in [1.29, 1.82) is 0 Å². The Bertz CT molecular complexity index is 403. The molecule has 6 heteroatoms. The summed E-state index contributed by atoms with van der Waals surface area (Å²) in [6, 6.07) is 3.32. The van der Waals surface area contributed by atoms with Gasteiger partial charge in [0.25, 0.3) is 0 Å². The lowest BCUT2D eigenvalue weighted by molar-refractivity contribution is 0.342. The predicted octanol–water partition coefficient (Wildman–Crippen LogP) is 0.0872. The molecule has 5 nitrogen and oxygen atoms in total. The first-order valence-corrected chi connectivity index (χ1v) is 6.06. The summed E-state index contributed by atoms with van der Waals surface area (Å²) in [5, 5.41) is 0. The molecule has 0 aliphatic rings. The van der Waals surface area contributed by atoms with Gasteiger partial charge >= 0.3 is 0 Å². The molecule has 0 fully saturated rings. The van der Waals surface area contributed by atoms with Gasteiger partial charge in [-0.3, -0.25) is 0 Å². The van der Waals surface area contributed by atoms with E-state index < -0.39 is 9.84 Å². The monoisotopic (exact) mass is 216 g/mol. The van der Waals surface area contributed by atoms with E-state index >= 15 is 0 Å². The smallest absolute Gasteiger partial charge is 0.166 e. The predicted molar refractivity (Wildman–Crippen MR) is 53.9 cm³/mol. The summed E-state index contributed by atoms with van der Waals surface area (Å²) in [6.07, 6.45) is 2.70. The maximum Gasteiger partial charge on any atom is 0.166 e. The standard InChI is InChI=1S/C8H12N2O3S/c1-14(11,12)6-5-13-7-3-2-4-10-8(7)9/h2-4H,5-6H2,1H3,(H2,9,10). The molecule has 0 bridgehead atoms. The fraction of sp³-hybridized carbons (Fsp3) is 0.375. The Kier molecular flexibility index (Phi) is 3.29. The van der Waals surface area contributed by atoms with Gasteiger partial charge in [-0.15, -0.1) is 0 Å². The molecule has 0 spiro atoms. The normalized spacial score (nSPS) is 11.2. The fourth-order valence-electron chi connectivity index (χ4n) is 0.828. The van der Waals surface area contributed by atoms with Crippen LogP contribution in [0.3, 0.4) is 0 Å². The van der Waals surface area contributed by atoms with Crippen molar-refractivity contribution >= 4 is 15.7 Å². The molecule has 0 atom stereocenters. The lowest BCUT2D eigenvalue weighted by Gasteiger charge is -2.06. The van der Waals surface area contributed by atoms with Crippen LogP contribution in [-0.4, -0.2) is 32.0 Å². The molecule has 78 valence electrons. The average Bonchev–Trinajstić information content (AvgIpc) is 2.06. The first-order chi connectivity index (χ1) is 6.49. The van der Waals surface area contributed by atoms with Gasteiger partial charge < -0.3 is 10.5 Å². The minimum atomic E-state index is -2.99. The maximum absolute atomic E-state index is 10.8. The molecule has 0 unspecified atom stereocenters. The van der Waals surface area contributed by atoms with Gasteiger partial charge in [0, 0.05) is 12.5 Å². The molecular formula is C8H12N2O3S. The molecule has 0 aromatic carbocycles. The molecule has 0 saturated heterocycles. The van der Waals surface area contributed by atoms with E-state index in [1.54, 1.807) is 18.3 Å². The molecule has 1 aromatic rings. The second-order valence-electron chi connectivity index (χ2n) is 2.87. The van der Waals surface area contributed by atoms with Crippen LogP contribution in [0.1, 0.15) is 0 Å². The summed E-state index contributed by atoms with van der Waals surface area (Å²) in [6.45, 7) is 0.0920. The summed E-state index contributed by atoms with van der Waals surface area (Å²) < 4.78 is 26.7. The van der Waals surface area contributed by atoms with Crippen molar-refractivity contribution < 1.29 is 13.2 Å². The zero-order chi connectivity index (χ0) is 10.6. The fourth-order valence-corrected chi connectivity index (χ4v) is 1.21. The van der Waals surface area contributed by atoms with Crippen LogP contribution in [0.5, 0.6) is 5.75 Å². The Hall–Kier alpha value is -1.30. The molecule has 0 aliphatic carbocycles. The van der Waals surface area contributed by atoms with Gasteiger partial charge in [0.05, 0.1) is 5.75 Å². The van der Waals surface area contributed by atoms with E-state index in [-0.39, 0.29) is 18.2 Å². The summed E-state index contributed by atoms with van der Waals surface area (Å²) in [5.74, 6) is 0.651. The minimum absolute atomic E-state index is 0.0265. The van der Waals surface area contributed by atoms with Crippen LogP contribution in [0.2, 0.25) is 0 Å². The number of nitrogens with zero attached hydrogens (tertiary/aromatic N) is 1. The van der Waals surface area contributed by atoms with Crippen LogP contribution in [-0.2, 0) is 9.84 Å². The van der Waals surface area contributed by atoms with E-state index in [2.05, 4.69) is 4.98 Å². The molecular weight excluding hydrogens is 204 g/mol. The lowest BCUT2D eigenvalue weighted by Crippen LogP contribution is -2.12. The van der Waals surface area contributed by atoms with E-state index in [0.29, 0.717) is 5.75 Å². The molecule has 0 radical (unpaired) electrons. The van der Waals surface area contributed by atoms with Gasteiger partial charge in [0.2, 0.25) is 0 Å². The molecule has 0 saturated carbocycles. The van der Waals surface area contributed by atoms with Crippen molar-refractivity contribution in [2.24, 2.45) is 0 Å². The molecule has 1 aromatic heterocycles. The Balaban J connectivity index is 2.51. The van der Waals surface area contributed by atoms with Crippen molar-refractivity contribution in [3.8, 4) is 5.75 Å². The Morgan fingerprint density at radius 1 is 1.57 bits per heavy atom. The number of ether oxygens (including phenoxy) is 1. The van der Waals surface area contributed by atoms with Gasteiger partial charge in [0.1, 0.15) is 6.61 Å². The number of nitrogen functional groups attached to an aromatic ring is 1. The van der Waals surface area contributed by atoms with Crippen LogP contribution < -0.4 is 10.5 Å². The molecule has 2 N–H and O–H groups in total. The molecule has 1 rings (SSSR count). The Morgan fingerprint density at radius 2 is 2.29 bits per heavy atom. The van der Waals surface area contributed by atoms with Crippen LogP contribution >= 0.6 is 0 Å². The maximum atomic E-state index is 10.8. The van der Waals surface area contributed by atoms with Crippen molar-refractivity contribution in [3.63, 3.8) is 0 Å². The number of aromatic nitrogens is 1. The summed E-state index contributed by atoms with van der Waals surface area (Å²) in [5.41, 5.74) is 5.48. The number of pyridine rings is 1. The van der Waals surface area contributed by atoms with Gasteiger partial charge in [0.15, 0.2) is 21.4 Å². The molecule has 14 heavy (non-hydrogen) atoms. The topological polar surface area (TPSA) is 82.3 Å². The number of anilines is 1. The zero-order valence-electron chi connectivity index (χ0n) is 7.80. The van der Waals surface area contributed by atoms with Crippen LogP contribution in [0.25, 0.3) is 0 Å². The summed E-state index contributed by atoms with van der Waals surface area (Å²) in [4.78, 5) is 3.80. The van der Waals surface area contributed by atoms with E-state index in [0.717, 1.165) is 6.26 Å². The number of nitrogens with two attached hydrogens (primary N) is 1. The first kappa shape index (κ1) is 10.8. The molecule has 1 heterocycles. The quantitative estimate of drug-likeness (QED) is 0.771. The summed E-state index contributed by atoms with van der Waals surface area (Å²) in [7, 11) is -2.99. The second-order valence-corrected chi connectivity index (χ2v) is 5.12. The zero-order valence-corrected chi connectivity index (χ0v) is 8.62. The van der Waals surface area contributed by atoms with Crippen LogP contribution in [0.4, 0.5) is 5.82 Å². The van der Waals surface area contributed by atoms with Crippen LogP contribution in [0.15, 0.2) is 18.3 Å². The van der Waals surface area contributed by atoms with E-state index in [1.807, 2.05) is 0 Å². The van der Waals surface area contributed by atoms with Crippen LogP contribution in [0, 0.1) is 0 Å². The SMILES string of the molecule is CS(=O)(=O)CCOc1cccnc1N. The van der Waals surface area contributed by atoms with Gasteiger partial charge in [-0.1, -0.05) is 0 Å². The third kappa shape index (κ3) is 3.61. The largest absolute Gasteiger partial charge is 0.489 e. The Morgan fingerprint density at radius 3 is 2.86 bits per heavy atom. The number of hydrogen-bond acceptors (Lipinski definition) is 5. The third-order valence-corrected chi connectivity index (χ3v) is 2.42. The molecule has 0 aliphatic heterocycles. The number of hydrogen-bond donors (Lipinski definition) is 1. The number of sulfone groups is 1. The highest BCUT2D eigenvalue weighted by Crippen LogP contribution is 2.16. The van der Waals surface area contributed by atoms with E-state index in [1.165, 1.54) is 0 Å². The van der Waals surface area contributed by atoms with Crippen molar-refractivity contribution in [3.05, 3.63) is 18.3 Å². The van der Waals surface area contributed by atoms with E-state index in [4.69, 9.17) is 10.5 Å². The van der Waals surface area contributed by atoms with E-state index in [9.17, 15) is 8.42 Å². The minimum Gasteiger partial charge on any atom is -0.489 e. The van der Waals surface area contributed by atoms with Crippen molar-refractivity contribution in [1.82, 2.24) is 4.98 Å². The lowest BCUT2D eigenvalue weighted by atomic mass is 10.4. The average molecular weight is 216 g/mol. The third-order valence-electron chi connectivity index (χ3n) is 1.51.